The van der Waals surface area contributed by atoms with Crippen molar-refractivity contribution in [1.29, 1.82) is 0 Å². The van der Waals surface area contributed by atoms with E-state index in [1.165, 1.54) is 10.9 Å². The van der Waals surface area contributed by atoms with Crippen LogP contribution in [0.25, 0.3) is 17.0 Å². The molecule has 3 rings (SSSR count). The van der Waals surface area contributed by atoms with Gasteiger partial charge in [-0.25, -0.2) is 18.1 Å². The number of aromatic nitrogens is 4. The third-order valence-corrected chi connectivity index (χ3v) is 4.13. The summed E-state index contributed by atoms with van der Waals surface area (Å²) in [6, 6.07) is 3.28. The van der Waals surface area contributed by atoms with Crippen LogP contribution < -0.4 is 0 Å². The molecule has 0 aliphatic carbocycles. The number of alkyl halides is 3. The van der Waals surface area contributed by atoms with Crippen LogP contribution in [0, 0.1) is 0 Å². The van der Waals surface area contributed by atoms with E-state index in [0.29, 0.717) is 0 Å². The van der Waals surface area contributed by atoms with Crippen molar-refractivity contribution >= 4 is 20.9 Å². The Labute approximate surface area is 122 Å². The van der Waals surface area contributed by atoms with Gasteiger partial charge in [0.15, 0.2) is 9.84 Å². The minimum Gasteiger partial charge on any atom is -0.322 e. The largest absolute Gasteiger partial charge is 0.417 e. The van der Waals surface area contributed by atoms with E-state index >= 15 is 0 Å². The number of H-pyrrole nitrogens is 1. The second-order valence-electron chi connectivity index (χ2n) is 4.65. The predicted octanol–water partition coefficient (Wildman–Crippen LogP) is 2.17. The standard InChI is InChI=1S/C12H9F3N4O2S/c1-22(20,21)10-6-9-8(5-7(10)12(13,14)15)17-11(18-9)19-4-2-3-16-19/h2-6H,1H3,(H,17,18). The molecule has 2 heterocycles. The van der Waals surface area contributed by atoms with E-state index in [0.717, 1.165) is 18.4 Å². The van der Waals surface area contributed by atoms with E-state index < -0.39 is 26.5 Å². The second kappa shape index (κ2) is 4.57. The fourth-order valence-electron chi connectivity index (χ4n) is 2.06. The highest BCUT2D eigenvalue weighted by atomic mass is 32.2. The van der Waals surface area contributed by atoms with Gasteiger partial charge < -0.3 is 4.98 Å². The Morgan fingerprint density at radius 3 is 2.55 bits per heavy atom. The summed E-state index contributed by atoms with van der Waals surface area (Å²) < 4.78 is 63.8. The smallest absolute Gasteiger partial charge is 0.322 e. The molecular formula is C12H9F3N4O2S. The maximum Gasteiger partial charge on any atom is 0.417 e. The summed E-state index contributed by atoms with van der Waals surface area (Å²) in [6.45, 7) is 0. The Bertz CT molecular complexity index is 943. The zero-order chi connectivity index (χ0) is 16.1. The molecule has 3 aromatic rings. The molecule has 1 aromatic carbocycles. The lowest BCUT2D eigenvalue weighted by Crippen LogP contribution is -2.12. The van der Waals surface area contributed by atoms with E-state index in [9.17, 15) is 21.6 Å². The van der Waals surface area contributed by atoms with Crippen molar-refractivity contribution < 1.29 is 21.6 Å². The number of benzene rings is 1. The molecule has 6 nitrogen and oxygen atoms in total. The molecule has 0 radical (unpaired) electrons. The molecule has 0 bridgehead atoms. The molecular weight excluding hydrogens is 321 g/mol. The monoisotopic (exact) mass is 330 g/mol. The molecule has 0 aliphatic rings. The molecule has 0 saturated carbocycles. The second-order valence-corrected chi connectivity index (χ2v) is 6.63. The predicted molar refractivity (Wildman–Crippen MR) is 71.3 cm³/mol. The number of aromatic amines is 1. The van der Waals surface area contributed by atoms with Crippen molar-refractivity contribution in [2.75, 3.05) is 6.26 Å². The number of hydrogen-bond donors (Lipinski definition) is 1. The zero-order valence-corrected chi connectivity index (χ0v) is 11.9. The Morgan fingerprint density at radius 1 is 1.27 bits per heavy atom. The third-order valence-electron chi connectivity index (χ3n) is 3.00. The quantitative estimate of drug-likeness (QED) is 0.781. The van der Waals surface area contributed by atoms with Crippen LogP contribution in [0.15, 0.2) is 35.5 Å². The van der Waals surface area contributed by atoms with Gasteiger partial charge in [0.2, 0.25) is 5.95 Å². The van der Waals surface area contributed by atoms with E-state index in [2.05, 4.69) is 15.1 Å². The first-order chi connectivity index (χ1) is 10.2. The van der Waals surface area contributed by atoms with Crippen molar-refractivity contribution in [2.45, 2.75) is 11.1 Å². The number of nitrogens with one attached hydrogen (secondary N) is 1. The molecule has 10 heteroatoms. The van der Waals surface area contributed by atoms with Crippen molar-refractivity contribution in [3.05, 3.63) is 36.2 Å². The molecule has 0 aliphatic heterocycles. The first-order valence-electron chi connectivity index (χ1n) is 5.97. The molecule has 0 amide bonds. The normalized spacial score (nSPS) is 12.9. The fraction of sp³-hybridized carbons (Fsp3) is 0.167. The number of imidazole rings is 1. The Kier molecular flexibility index (Phi) is 3.02. The average molecular weight is 330 g/mol. The third kappa shape index (κ3) is 2.45. The van der Waals surface area contributed by atoms with Gasteiger partial charge in [0.25, 0.3) is 0 Å². The number of hydrogen-bond acceptors (Lipinski definition) is 4. The van der Waals surface area contributed by atoms with Gasteiger partial charge >= 0.3 is 6.18 Å². The van der Waals surface area contributed by atoms with Crippen LogP contribution in [0.2, 0.25) is 0 Å². The minimum absolute atomic E-state index is 0.0743. The summed E-state index contributed by atoms with van der Waals surface area (Å²) in [5.74, 6) is 0.193. The first kappa shape index (κ1) is 14.6. The molecule has 0 spiro atoms. The summed E-state index contributed by atoms with van der Waals surface area (Å²) in [7, 11) is -4.05. The van der Waals surface area contributed by atoms with Crippen LogP contribution >= 0.6 is 0 Å². The van der Waals surface area contributed by atoms with E-state index in [1.54, 1.807) is 12.3 Å². The lowest BCUT2D eigenvalue weighted by molar-refractivity contribution is -0.139. The highest BCUT2D eigenvalue weighted by Crippen LogP contribution is 2.36. The van der Waals surface area contributed by atoms with Crippen LogP contribution in [-0.4, -0.2) is 34.4 Å². The van der Waals surface area contributed by atoms with E-state index in [4.69, 9.17) is 0 Å². The molecule has 116 valence electrons. The number of fused-ring (bicyclic) bond motifs is 1. The summed E-state index contributed by atoms with van der Waals surface area (Å²) in [4.78, 5) is 5.95. The van der Waals surface area contributed by atoms with Gasteiger partial charge in [-0.05, 0) is 18.2 Å². The molecule has 0 atom stereocenters. The van der Waals surface area contributed by atoms with Gasteiger partial charge in [-0.3, -0.25) is 0 Å². The molecule has 0 fully saturated rings. The molecule has 1 N–H and O–H groups in total. The van der Waals surface area contributed by atoms with Gasteiger partial charge in [0.1, 0.15) is 0 Å². The highest BCUT2D eigenvalue weighted by Gasteiger charge is 2.37. The maximum atomic E-state index is 13.1. The zero-order valence-electron chi connectivity index (χ0n) is 11.1. The van der Waals surface area contributed by atoms with Crippen LogP contribution in [0.5, 0.6) is 0 Å². The Morgan fingerprint density at radius 2 is 2.00 bits per heavy atom. The van der Waals surface area contributed by atoms with Crippen molar-refractivity contribution in [1.82, 2.24) is 19.7 Å². The lowest BCUT2D eigenvalue weighted by atomic mass is 10.2. The first-order valence-corrected chi connectivity index (χ1v) is 7.86. The van der Waals surface area contributed by atoms with Gasteiger partial charge in [-0.2, -0.15) is 18.3 Å². The summed E-state index contributed by atoms with van der Waals surface area (Å²) in [6.07, 6.45) is -1.02. The van der Waals surface area contributed by atoms with E-state index in [1.807, 2.05) is 0 Å². The van der Waals surface area contributed by atoms with E-state index in [-0.39, 0.29) is 17.0 Å². The fourth-order valence-corrected chi connectivity index (χ4v) is 2.95. The number of nitrogens with zero attached hydrogens (tertiary/aromatic N) is 3. The number of halogens is 3. The van der Waals surface area contributed by atoms with Crippen LogP contribution in [0.3, 0.4) is 0 Å². The Balaban J connectivity index is 2.30. The van der Waals surface area contributed by atoms with Gasteiger partial charge in [0.05, 0.1) is 21.5 Å². The SMILES string of the molecule is CS(=O)(=O)c1cc2nc(-n3cccn3)[nH]c2cc1C(F)(F)F. The summed E-state index contributed by atoms with van der Waals surface area (Å²) >= 11 is 0. The molecule has 22 heavy (non-hydrogen) atoms. The minimum atomic E-state index is -4.79. The maximum absolute atomic E-state index is 13.1. The van der Waals surface area contributed by atoms with Crippen molar-refractivity contribution in [3.8, 4) is 5.95 Å². The van der Waals surface area contributed by atoms with Crippen molar-refractivity contribution in [3.63, 3.8) is 0 Å². The topological polar surface area (TPSA) is 80.6 Å². The van der Waals surface area contributed by atoms with Crippen LogP contribution in [0.4, 0.5) is 13.2 Å². The lowest BCUT2D eigenvalue weighted by Gasteiger charge is -2.11. The van der Waals surface area contributed by atoms with Gasteiger partial charge in [0, 0.05) is 18.6 Å². The van der Waals surface area contributed by atoms with Crippen molar-refractivity contribution in [2.24, 2.45) is 0 Å². The van der Waals surface area contributed by atoms with Crippen LogP contribution in [-0.2, 0) is 16.0 Å². The number of rotatable bonds is 2. The Hall–Kier alpha value is -2.36. The van der Waals surface area contributed by atoms with Gasteiger partial charge in [-0.1, -0.05) is 0 Å². The van der Waals surface area contributed by atoms with Gasteiger partial charge in [-0.15, -0.1) is 0 Å². The average Bonchev–Trinajstić information content (AvgIpc) is 3.03. The summed E-state index contributed by atoms with van der Waals surface area (Å²) in [5.41, 5.74) is -1.04. The number of sulfone groups is 1. The molecule has 0 unspecified atom stereocenters. The molecule has 0 saturated heterocycles. The van der Waals surface area contributed by atoms with Crippen LogP contribution in [0.1, 0.15) is 5.56 Å². The highest BCUT2D eigenvalue weighted by molar-refractivity contribution is 7.90. The molecule has 2 aromatic heterocycles. The summed E-state index contributed by atoms with van der Waals surface area (Å²) in [5, 5.41) is 3.91.